The Bertz CT molecular complexity index is 285. The van der Waals surface area contributed by atoms with Crippen molar-refractivity contribution in [2.45, 2.75) is 0 Å². The third-order valence-corrected chi connectivity index (χ3v) is 1.79. The molecule has 0 bridgehead atoms. The van der Waals surface area contributed by atoms with Gasteiger partial charge in [-0.05, 0) is 12.1 Å². The van der Waals surface area contributed by atoms with Gasteiger partial charge >= 0.3 is 0 Å². The monoisotopic (exact) mass is 135 g/mol. The van der Waals surface area contributed by atoms with E-state index in [1.165, 1.54) is 11.3 Å². The number of thiazole rings is 1. The minimum Gasteiger partial charge on any atom is -0.243 e. The minimum atomic E-state index is 0.956. The molecule has 2 rings (SSSR count). The van der Waals surface area contributed by atoms with Crippen LogP contribution in [0, 0.1) is 6.20 Å². The lowest BCUT2D eigenvalue weighted by Crippen LogP contribution is -1.68. The zero-order chi connectivity index (χ0) is 6.10. The Labute approximate surface area is 56.2 Å². The van der Waals surface area contributed by atoms with Gasteiger partial charge in [0, 0.05) is 0 Å². The molecule has 43 valence electrons. The van der Waals surface area contributed by atoms with E-state index in [9.17, 15) is 0 Å². The molecule has 0 aliphatic rings. The maximum Gasteiger partial charge on any atom is 0.143 e. The predicted octanol–water partition coefficient (Wildman–Crippen LogP) is 1.49. The average Bonchev–Trinajstić information content (AvgIpc) is 2.33. The molecule has 0 spiro atoms. The van der Waals surface area contributed by atoms with Crippen LogP contribution in [0.5, 0.6) is 0 Å². The first-order valence-corrected chi connectivity index (χ1v) is 3.41. The van der Waals surface area contributed by atoms with E-state index >= 15 is 0 Å². The van der Waals surface area contributed by atoms with Crippen molar-refractivity contribution in [2.24, 2.45) is 0 Å². The van der Waals surface area contributed by atoms with E-state index in [1.54, 1.807) is 11.6 Å². The largest absolute Gasteiger partial charge is 0.243 e. The van der Waals surface area contributed by atoms with E-state index in [-0.39, 0.29) is 0 Å². The van der Waals surface area contributed by atoms with Crippen LogP contribution in [0.15, 0.2) is 17.6 Å². The van der Waals surface area contributed by atoms with E-state index < -0.39 is 0 Å². The number of pyridine rings is 1. The molecule has 0 unspecified atom stereocenters. The lowest BCUT2D eigenvalue weighted by molar-refractivity contribution is 1.39. The molecule has 0 aliphatic heterocycles. The minimum absolute atomic E-state index is 0.956. The van der Waals surface area contributed by atoms with Gasteiger partial charge in [-0.3, -0.25) is 0 Å². The maximum absolute atomic E-state index is 4.05. The summed E-state index contributed by atoms with van der Waals surface area (Å²) in [6.07, 6.45) is 2.74. The van der Waals surface area contributed by atoms with Gasteiger partial charge in [0.15, 0.2) is 0 Å². The Balaban J connectivity index is 2.95. The van der Waals surface area contributed by atoms with E-state index in [4.69, 9.17) is 0 Å². The normalized spacial score (nSPS) is 10.2. The molecule has 0 atom stereocenters. The summed E-state index contributed by atoms with van der Waals surface area (Å²) >= 11 is 1.53. The van der Waals surface area contributed by atoms with Gasteiger partial charge < -0.3 is 0 Å². The van der Waals surface area contributed by atoms with E-state index in [2.05, 4.69) is 16.2 Å². The summed E-state index contributed by atoms with van der Waals surface area (Å²) in [7, 11) is 0. The van der Waals surface area contributed by atoms with Gasteiger partial charge in [0.1, 0.15) is 4.83 Å². The van der Waals surface area contributed by atoms with Crippen LogP contribution in [0.3, 0.4) is 0 Å². The number of rotatable bonds is 0. The topological polar surface area (TPSA) is 25.8 Å². The van der Waals surface area contributed by atoms with Gasteiger partial charge in [0.05, 0.1) is 17.2 Å². The summed E-state index contributed by atoms with van der Waals surface area (Å²) < 4.78 is 0. The molecule has 0 N–H and O–H groups in total. The van der Waals surface area contributed by atoms with Crippen molar-refractivity contribution in [2.75, 3.05) is 0 Å². The van der Waals surface area contributed by atoms with Crippen LogP contribution in [0.4, 0.5) is 0 Å². The van der Waals surface area contributed by atoms with Crippen molar-refractivity contribution in [3.63, 3.8) is 0 Å². The fourth-order valence-electron chi connectivity index (χ4n) is 0.659. The van der Waals surface area contributed by atoms with Gasteiger partial charge in [0.2, 0.25) is 0 Å². The molecule has 2 nitrogen and oxygen atoms in total. The maximum atomic E-state index is 4.05. The van der Waals surface area contributed by atoms with E-state index in [0.29, 0.717) is 0 Å². The van der Waals surface area contributed by atoms with Gasteiger partial charge in [-0.1, -0.05) is 0 Å². The number of hydrogen-bond acceptors (Lipinski definition) is 3. The molecular weight excluding hydrogens is 132 g/mol. The third-order valence-electron chi connectivity index (χ3n) is 1.06. The van der Waals surface area contributed by atoms with Crippen molar-refractivity contribution in [1.29, 1.82) is 0 Å². The fraction of sp³-hybridized carbons (Fsp3) is 0. The summed E-state index contributed by atoms with van der Waals surface area (Å²) in [4.78, 5) is 8.98. The van der Waals surface area contributed by atoms with Crippen LogP contribution in [0.1, 0.15) is 0 Å². The lowest BCUT2D eigenvalue weighted by atomic mass is 10.5. The van der Waals surface area contributed by atoms with Crippen molar-refractivity contribution >= 4 is 21.7 Å². The Morgan fingerprint density at radius 3 is 3.44 bits per heavy atom. The van der Waals surface area contributed by atoms with Crippen LogP contribution in [-0.4, -0.2) is 9.97 Å². The van der Waals surface area contributed by atoms with Gasteiger partial charge in [-0.25, -0.2) is 9.97 Å². The average molecular weight is 135 g/mol. The van der Waals surface area contributed by atoms with Crippen LogP contribution in [0.25, 0.3) is 10.3 Å². The summed E-state index contributed by atoms with van der Waals surface area (Å²) in [5, 5.41) is 0. The zero-order valence-corrected chi connectivity index (χ0v) is 5.35. The summed E-state index contributed by atoms with van der Waals surface area (Å²) in [6, 6.07) is 3.67. The standard InChI is InChI=1S/C6H3N2S/c1-2-5-6(7-3-1)9-4-8-5/h1-2,4H. The zero-order valence-electron chi connectivity index (χ0n) is 4.53. The molecule has 2 heterocycles. The Kier molecular flexibility index (Phi) is 0.960. The second-order valence-corrected chi connectivity index (χ2v) is 2.45. The van der Waals surface area contributed by atoms with Crippen molar-refractivity contribution in [1.82, 2.24) is 9.97 Å². The first-order valence-electron chi connectivity index (χ1n) is 2.53. The molecule has 2 aromatic heterocycles. The summed E-state index contributed by atoms with van der Waals surface area (Å²) in [5.41, 5.74) is 2.74. The molecule has 0 aromatic carbocycles. The number of fused-ring (bicyclic) bond motifs is 1. The number of aromatic nitrogens is 2. The highest BCUT2D eigenvalue weighted by Gasteiger charge is 1.91. The van der Waals surface area contributed by atoms with Gasteiger partial charge in [-0.15, -0.1) is 11.3 Å². The van der Waals surface area contributed by atoms with Gasteiger partial charge in [0.25, 0.3) is 0 Å². The molecule has 0 saturated carbocycles. The molecule has 9 heavy (non-hydrogen) atoms. The molecule has 3 heteroatoms. The highest BCUT2D eigenvalue weighted by atomic mass is 32.1. The van der Waals surface area contributed by atoms with Crippen molar-refractivity contribution in [3.8, 4) is 0 Å². The van der Waals surface area contributed by atoms with Crippen LogP contribution in [-0.2, 0) is 0 Å². The molecule has 0 saturated heterocycles. The van der Waals surface area contributed by atoms with Gasteiger partial charge in [-0.2, -0.15) is 0 Å². The summed E-state index contributed by atoms with van der Waals surface area (Å²) in [5.74, 6) is 0. The molecular formula is C6H3N2S. The number of nitrogens with zero attached hydrogens (tertiary/aromatic N) is 2. The number of hydrogen-bond donors (Lipinski definition) is 0. The lowest BCUT2D eigenvalue weighted by Gasteiger charge is -1.79. The Morgan fingerprint density at radius 1 is 1.56 bits per heavy atom. The first kappa shape index (κ1) is 4.88. The van der Waals surface area contributed by atoms with E-state index in [0.717, 1.165) is 10.3 Å². The third kappa shape index (κ3) is 0.695. The smallest absolute Gasteiger partial charge is 0.143 e. The fourth-order valence-corrected chi connectivity index (χ4v) is 1.27. The highest BCUT2D eigenvalue weighted by molar-refractivity contribution is 7.16. The SMILES string of the molecule is [c]1ccc2ncsc2n1. The Hall–Kier alpha value is -0.960. The first-order chi connectivity index (χ1) is 4.47. The second kappa shape index (κ2) is 1.77. The van der Waals surface area contributed by atoms with Crippen LogP contribution >= 0.6 is 11.3 Å². The second-order valence-electron chi connectivity index (χ2n) is 1.62. The van der Waals surface area contributed by atoms with Crippen molar-refractivity contribution < 1.29 is 0 Å². The quantitative estimate of drug-likeness (QED) is 0.547. The van der Waals surface area contributed by atoms with Crippen LogP contribution < -0.4 is 0 Å². The Morgan fingerprint density at radius 2 is 2.56 bits per heavy atom. The molecule has 0 aliphatic carbocycles. The summed E-state index contributed by atoms with van der Waals surface area (Å²) in [6.45, 7) is 0. The van der Waals surface area contributed by atoms with Crippen LogP contribution in [0.2, 0.25) is 0 Å². The molecule has 2 aromatic rings. The molecule has 0 fully saturated rings. The van der Waals surface area contributed by atoms with E-state index in [1.807, 2.05) is 6.07 Å². The molecule has 0 amide bonds. The molecule has 1 radical (unpaired) electrons. The predicted molar refractivity (Wildman–Crippen MR) is 36.3 cm³/mol. The van der Waals surface area contributed by atoms with Crippen molar-refractivity contribution in [3.05, 3.63) is 23.8 Å². The highest BCUT2D eigenvalue weighted by Crippen LogP contribution is 2.11.